The first-order chi connectivity index (χ1) is 17.4. The summed E-state index contributed by atoms with van der Waals surface area (Å²) in [6.07, 6.45) is -0.880. The van der Waals surface area contributed by atoms with Crippen LogP contribution >= 0.6 is 0 Å². The van der Waals surface area contributed by atoms with Crippen molar-refractivity contribution in [2.45, 2.75) is 44.9 Å². The van der Waals surface area contributed by atoms with Crippen LogP contribution < -0.4 is 16.0 Å². The Morgan fingerprint density at radius 3 is 2.46 bits per heavy atom. The Kier molecular flexibility index (Phi) is 10.7. The number of allylic oxidation sites excluding steroid dienone is 1. The number of halogens is 3. The van der Waals surface area contributed by atoms with Gasteiger partial charge in [0.05, 0.1) is 29.5 Å². The number of nitrogens with one attached hydrogen (secondary N) is 3. The number of benzene rings is 1. The van der Waals surface area contributed by atoms with E-state index in [0.29, 0.717) is 6.04 Å². The molecule has 0 aliphatic carbocycles. The molecule has 0 saturated carbocycles. The van der Waals surface area contributed by atoms with Crippen LogP contribution in [0.1, 0.15) is 37.8 Å². The number of hydrogen-bond donors (Lipinski definition) is 3. The number of carbonyl (C=O) groups is 1. The highest BCUT2D eigenvalue weighted by Crippen LogP contribution is 2.34. The van der Waals surface area contributed by atoms with Gasteiger partial charge in [0.2, 0.25) is 5.91 Å². The minimum absolute atomic E-state index is 0.0221. The van der Waals surface area contributed by atoms with Gasteiger partial charge in [0.1, 0.15) is 0 Å². The summed E-state index contributed by atoms with van der Waals surface area (Å²) in [6, 6.07) is 3.49. The Morgan fingerprint density at radius 1 is 1.22 bits per heavy atom. The van der Waals surface area contributed by atoms with Crippen LogP contribution in [0.15, 0.2) is 58.8 Å². The topological polar surface area (TPSA) is 81.1 Å². The second-order valence-corrected chi connectivity index (χ2v) is 9.27. The Hall–Kier alpha value is -3.40. The lowest BCUT2D eigenvalue weighted by molar-refractivity contribution is -0.137. The van der Waals surface area contributed by atoms with Crippen molar-refractivity contribution >= 4 is 30.7 Å². The number of likely N-dealkylation sites (tertiary alicyclic amines) is 1. The van der Waals surface area contributed by atoms with Crippen molar-refractivity contribution in [3.05, 3.63) is 60.0 Å². The number of alkyl halides is 3. The number of carbonyl (C=O) groups excluding carboxylic acids is 1. The first-order valence-corrected chi connectivity index (χ1v) is 12.1. The minimum atomic E-state index is -4.50. The molecule has 1 amide bonds. The summed E-state index contributed by atoms with van der Waals surface area (Å²) < 4.78 is 39.2. The van der Waals surface area contributed by atoms with Gasteiger partial charge in [-0.1, -0.05) is 20.1 Å². The van der Waals surface area contributed by atoms with E-state index in [1.54, 1.807) is 6.20 Å². The van der Waals surface area contributed by atoms with Gasteiger partial charge in [-0.05, 0) is 62.9 Å². The molecule has 2 unspecified atom stereocenters. The van der Waals surface area contributed by atoms with Gasteiger partial charge in [-0.15, -0.1) is 0 Å². The first-order valence-electron chi connectivity index (χ1n) is 12.1. The number of hydrogen-bond acceptors (Lipinski definition) is 6. The molecule has 1 heterocycles. The summed E-state index contributed by atoms with van der Waals surface area (Å²) in [5.41, 5.74) is 1.62. The smallest absolute Gasteiger partial charge is 0.387 e. The second kappa shape index (κ2) is 13.2. The Bertz CT molecular complexity index is 1040. The fourth-order valence-electron chi connectivity index (χ4n) is 4.13. The van der Waals surface area contributed by atoms with Gasteiger partial charge in [0, 0.05) is 43.6 Å². The lowest BCUT2D eigenvalue weighted by atomic mass is 9.92. The number of nitrogens with zero attached hydrogens (tertiary/aromatic N) is 3. The van der Waals surface area contributed by atoms with Gasteiger partial charge in [-0.25, -0.2) is 0 Å². The fraction of sp³-hybridized carbons (Fsp3) is 0.444. The van der Waals surface area contributed by atoms with Crippen molar-refractivity contribution in [2.24, 2.45) is 15.9 Å². The molecule has 0 bridgehead atoms. The molecular weight excluding hydrogens is 481 g/mol. The molecule has 7 nitrogen and oxygen atoms in total. The van der Waals surface area contributed by atoms with Gasteiger partial charge >= 0.3 is 6.18 Å². The molecule has 1 saturated heterocycles. The summed E-state index contributed by atoms with van der Waals surface area (Å²) in [6.45, 7) is 20.5. The van der Waals surface area contributed by atoms with Crippen LogP contribution in [0.4, 0.5) is 18.9 Å². The van der Waals surface area contributed by atoms with Crippen LogP contribution in [0.25, 0.3) is 5.70 Å². The Labute approximate surface area is 217 Å². The van der Waals surface area contributed by atoms with E-state index < -0.39 is 11.7 Å². The normalized spacial score (nSPS) is 16.2. The number of amides is 1. The number of rotatable bonds is 14. The maximum atomic E-state index is 13.1. The maximum absolute atomic E-state index is 13.1. The van der Waals surface area contributed by atoms with Crippen LogP contribution in [0.2, 0.25) is 0 Å². The summed E-state index contributed by atoms with van der Waals surface area (Å²) in [5, 5.41) is 8.84. The van der Waals surface area contributed by atoms with Crippen molar-refractivity contribution in [1.82, 2.24) is 20.9 Å². The largest absolute Gasteiger partial charge is 0.416 e. The molecule has 0 radical (unpaired) electrons. The molecule has 3 N–H and O–H groups in total. The predicted molar refractivity (Wildman–Crippen MR) is 145 cm³/mol. The Balaban J connectivity index is 1.77. The van der Waals surface area contributed by atoms with Crippen molar-refractivity contribution in [3.63, 3.8) is 0 Å². The van der Waals surface area contributed by atoms with E-state index in [0.717, 1.165) is 49.3 Å². The summed E-state index contributed by atoms with van der Waals surface area (Å²) >= 11 is 0. The van der Waals surface area contributed by atoms with Crippen molar-refractivity contribution in [2.75, 3.05) is 26.7 Å². The molecule has 2 atom stereocenters. The zero-order valence-electron chi connectivity index (χ0n) is 21.8. The molecule has 0 spiro atoms. The lowest BCUT2D eigenvalue weighted by Gasteiger charge is -2.43. The van der Waals surface area contributed by atoms with E-state index in [1.165, 1.54) is 6.07 Å². The van der Waals surface area contributed by atoms with Gasteiger partial charge in [-0.2, -0.15) is 13.2 Å². The molecule has 1 fully saturated rings. The van der Waals surface area contributed by atoms with Gasteiger partial charge in [0.25, 0.3) is 0 Å². The molecule has 0 aromatic heterocycles. The fourth-order valence-corrected chi connectivity index (χ4v) is 4.13. The van der Waals surface area contributed by atoms with Crippen LogP contribution in [-0.4, -0.2) is 63.0 Å². The molecule has 2 rings (SSSR count). The Morgan fingerprint density at radius 2 is 1.89 bits per heavy atom. The van der Waals surface area contributed by atoms with Crippen LogP contribution in [0.5, 0.6) is 0 Å². The highest BCUT2D eigenvalue weighted by atomic mass is 19.4. The van der Waals surface area contributed by atoms with E-state index in [4.69, 9.17) is 0 Å². The number of likely N-dealkylation sites (N-methyl/N-ethyl adjacent to an activating group) is 1. The highest BCUT2D eigenvalue weighted by molar-refractivity contribution is 5.82. The number of aliphatic imine (C=N–C) groups is 2. The summed E-state index contributed by atoms with van der Waals surface area (Å²) in [4.78, 5) is 22.3. The lowest BCUT2D eigenvalue weighted by Crippen LogP contribution is -2.62. The SMILES string of the molecule is C=N/C=C(/NC)C(=C)C(C)CCC(C)N1CC(NC(=O)CNC(=C)c2cc(C(F)(F)F)ccc2N=C)C1. The zero-order chi connectivity index (χ0) is 27.8. The molecule has 10 heteroatoms. The molecule has 1 aromatic rings. The van der Waals surface area contributed by atoms with Crippen molar-refractivity contribution in [3.8, 4) is 0 Å². The van der Waals surface area contributed by atoms with Gasteiger partial charge < -0.3 is 16.0 Å². The third-order valence-corrected chi connectivity index (χ3v) is 6.63. The van der Waals surface area contributed by atoms with E-state index in [2.05, 4.69) is 71.3 Å². The van der Waals surface area contributed by atoms with Crippen LogP contribution in [-0.2, 0) is 11.0 Å². The summed E-state index contributed by atoms with van der Waals surface area (Å²) in [7, 11) is 1.83. The van der Waals surface area contributed by atoms with Gasteiger partial charge in [0.15, 0.2) is 0 Å². The minimum Gasteiger partial charge on any atom is -0.387 e. The molecule has 1 aromatic carbocycles. The third kappa shape index (κ3) is 8.31. The average Bonchev–Trinajstić information content (AvgIpc) is 2.84. The quantitative estimate of drug-likeness (QED) is 0.250. The van der Waals surface area contributed by atoms with Crippen LogP contribution in [0.3, 0.4) is 0 Å². The summed E-state index contributed by atoms with van der Waals surface area (Å²) in [5.74, 6) is 0.0261. The van der Waals surface area contributed by atoms with Gasteiger partial charge in [-0.3, -0.25) is 19.7 Å². The van der Waals surface area contributed by atoms with Crippen molar-refractivity contribution < 1.29 is 18.0 Å². The average molecular weight is 519 g/mol. The maximum Gasteiger partial charge on any atom is 0.416 e. The second-order valence-electron chi connectivity index (χ2n) is 9.27. The van der Waals surface area contributed by atoms with E-state index in [-0.39, 0.29) is 41.4 Å². The van der Waals surface area contributed by atoms with E-state index in [9.17, 15) is 18.0 Å². The molecule has 1 aliphatic rings. The van der Waals surface area contributed by atoms with E-state index in [1.807, 2.05) is 7.05 Å². The molecule has 1 aliphatic heterocycles. The zero-order valence-corrected chi connectivity index (χ0v) is 21.8. The molecular formula is C27H37F3N6O. The predicted octanol–water partition coefficient (Wildman–Crippen LogP) is 4.52. The molecule has 202 valence electrons. The third-order valence-electron chi connectivity index (χ3n) is 6.63. The van der Waals surface area contributed by atoms with E-state index >= 15 is 0 Å². The highest BCUT2D eigenvalue weighted by Gasteiger charge is 2.32. The van der Waals surface area contributed by atoms with Crippen LogP contribution in [0, 0.1) is 5.92 Å². The van der Waals surface area contributed by atoms with Crippen molar-refractivity contribution in [1.29, 1.82) is 0 Å². The standard InChI is InChI=1S/C27H37F3N6O/c1-17(19(3)25(33-7)13-31-5)8-9-18(2)36-15-22(16-36)35-26(37)14-34-20(4)23-12-21(27(28,29)30)10-11-24(23)32-6/h10-13,17-18,22,33-34H,3-6,8-9,14-16H2,1-2,7H3,(H,35,37)/b25-13+. The monoisotopic (exact) mass is 518 g/mol. The molecule has 37 heavy (non-hydrogen) atoms. The first kappa shape index (κ1) is 29.8.